The van der Waals surface area contributed by atoms with Gasteiger partial charge in [0.05, 0.1) is 31.1 Å². The van der Waals surface area contributed by atoms with E-state index in [9.17, 15) is 30.0 Å². The van der Waals surface area contributed by atoms with Crippen LogP contribution in [0.2, 0.25) is 0 Å². The number of hydrogen-bond donors (Lipinski definition) is 6. The van der Waals surface area contributed by atoms with Crippen LogP contribution in [0, 0.1) is 11.8 Å². The molecule has 244 valence electrons. The number of anilines is 1. The molecular weight excluding hydrogens is 574 g/mol. The summed E-state index contributed by atoms with van der Waals surface area (Å²) in [6, 6.07) is 1.21. The Morgan fingerprint density at radius 2 is 1.91 bits per heavy atom. The molecule has 6 atom stereocenters. The summed E-state index contributed by atoms with van der Waals surface area (Å²) >= 11 is 0. The molecule has 1 heterocycles. The Kier molecular flexibility index (Phi) is 14.5. The van der Waals surface area contributed by atoms with Gasteiger partial charge in [0.15, 0.2) is 6.10 Å². The maximum absolute atomic E-state index is 13.0. The van der Waals surface area contributed by atoms with Crippen LogP contribution in [-0.4, -0.2) is 97.6 Å². The summed E-state index contributed by atoms with van der Waals surface area (Å²) in [6.07, 6.45) is 3.09. The van der Waals surface area contributed by atoms with E-state index in [1.165, 1.54) is 58.8 Å². The number of allylic oxidation sites excluding steroid dienone is 2. The number of aliphatic hydroxyl groups excluding tert-OH is 2. The number of rotatable bonds is 7. The average Bonchev–Trinajstić information content (AvgIpc) is 2.98. The Bertz CT molecular complexity index is 1260. The number of primary amides is 1. The molecule has 1 aliphatic heterocycles. The molecule has 13 heteroatoms. The first-order chi connectivity index (χ1) is 20.9. The molecule has 1 aromatic rings. The van der Waals surface area contributed by atoms with E-state index in [4.69, 9.17) is 24.7 Å². The number of aliphatic hydroxyl groups is 2. The van der Waals surface area contributed by atoms with Crippen molar-refractivity contribution in [3.63, 3.8) is 0 Å². The maximum Gasteiger partial charge on any atom is 0.405 e. The Balaban J connectivity index is 2.71. The van der Waals surface area contributed by atoms with Crippen LogP contribution in [-0.2, 0) is 30.2 Å². The molecule has 0 radical (unpaired) electrons. The van der Waals surface area contributed by atoms with Crippen molar-refractivity contribution in [2.75, 3.05) is 39.9 Å². The fourth-order valence-electron chi connectivity index (χ4n) is 4.94. The van der Waals surface area contributed by atoms with Crippen molar-refractivity contribution in [2.24, 2.45) is 22.6 Å². The van der Waals surface area contributed by atoms with E-state index in [1.54, 1.807) is 13.0 Å². The highest BCUT2D eigenvalue weighted by molar-refractivity contribution is 6.04. The van der Waals surface area contributed by atoms with E-state index in [1.807, 2.05) is 6.92 Å². The number of aliphatic imine (C=N–C) groups is 1. The zero-order valence-electron chi connectivity index (χ0n) is 26.0. The average molecular weight is 620 g/mol. The predicted octanol–water partition coefficient (Wildman–Crippen LogP) is 2.88. The first-order valence-electron chi connectivity index (χ1n) is 14.1. The summed E-state index contributed by atoms with van der Waals surface area (Å²) < 4.78 is 21.5. The van der Waals surface area contributed by atoms with Crippen molar-refractivity contribution in [1.82, 2.24) is 0 Å². The molecule has 2 amide bonds. The van der Waals surface area contributed by atoms with Gasteiger partial charge in [-0.3, -0.25) is 9.79 Å². The Morgan fingerprint density at radius 1 is 1.20 bits per heavy atom. The maximum atomic E-state index is 13.0. The molecule has 1 aliphatic rings. The van der Waals surface area contributed by atoms with Crippen LogP contribution in [0.3, 0.4) is 0 Å². The van der Waals surface area contributed by atoms with Crippen molar-refractivity contribution in [3.8, 4) is 11.5 Å². The van der Waals surface area contributed by atoms with E-state index >= 15 is 0 Å². The van der Waals surface area contributed by atoms with Gasteiger partial charge in [0, 0.05) is 50.7 Å². The van der Waals surface area contributed by atoms with Gasteiger partial charge < -0.3 is 50.4 Å². The van der Waals surface area contributed by atoms with Crippen molar-refractivity contribution >= 4 is 29.6 Å². The number of carbonyl (C=O) groups is 2. The van der Waals surface area contributed by atoms with Crippen LogP contribution in [0.4, 0.5) is 16.2 Å². The summed E-state index contributed by atoms with van der Waals surface area (Å²) in [6.45, 7) is 4.78. The van der Waals surface area contributed by atoms with Crippen LogP contribution < -0.4 is 11.1 Å². The third kappa shape index (κ3) is 9.89. The van der Waals surface area contributed by atoms with E-state index in [-0.39, 0.29) is 58.5 Å². The van der Waals surface area contributed by atoms with Gasteiger partial charge in [0.25, 0.3) is 5.91 Å². The first-order valence-corrected chi connectivity index (χ1v) is 14.1. The molecule has 2 bridgehead atoms. The lowest BCUT2D eigenvalue weighted by molar-refractivity contribution is -0.112. The molecule has 0 unspecified atom stereocenters. The predicted molar refractivity (Wildman–Crippen MR) is 165 cm³/mol. The zero-order valence-corrected chi connectivity index (χ0v) is 26.0. The van der Waals surface area contributed by atoms with Crippen molar-refractivity contribution in [2.45, 2.75) is 58.0 Å². The van der Waals surface area contributed by atoms with Crippen molar-refractivity contribution < 1.29 is 49.0 Å². The largest absolute Gasteiger partial charge is 0.506 e. The quantitative estimate of drug-likeness (QED) is 0.114. The SMILES string of the molecule is COCC=Nc1c(O)cc2c(O)c1C[C@H](C)C[C@H](OC)[C@H](O)[C@@H](C)C=C(CO)[C@H](OC(N)=O)[C@@H](OC)C=CC=C(C)C(=O)N2. The fourth-order valence-corrected chi connectivity index (χ4v) is 4.94. The Labute approximate surface area is 257 Å². The number of ether oxygens (including phenoxy) is 4. The molecule has 7 N–H and O–H groups in total. The van der Waals surface area contributed by atoms with E-state index in [2.05, 4.69) is 10.3 Å². The molecule has 1 aromatic carbocycles. The number of fused-ring (bicyclic) bond motifs is 2. The van der Waals surface area contributed by atoms with Gasteiger partial charge in [0.1, 0.15) is 23.3 Å². The lowest BCUT2D eigenvalue weighted by Gasteiger charge is -2.30. The molecule has 2 rings (SSSR count). The molecule has 0 fully saturated rings. The van der Waals surface area contributed by atoms with Gasteiger partial charge in [-0.15, -0.1) is 0 Å². The second-order valence-electron chi connectivity index (χ2n) is 10.7. The Morgan fingerprint density at radius 3 is 2.50 bits per heavy atom. The molecule has 0 spiro atoms. The lowest BCUT2D eigenvalue weighted by atomic mass is 9.87. The van der Waals surface area contributed by atoms with Crippen LogP contribution in [0.5, 0.6) is 11.5 Å². The molecule has 0 saturated carbocycles. The summed E-state index contributed by atoms with van der Waals surface area (Å²) in [7, 11) is 4.32. The molecule has 0 aliphatic carbocycles. The summed E-state index contributed by atoms with van der Waals surface area (Å²) in [5.41, 5.74) is 6.18. The summed E-state index contributed by atoms with van der Waals surface area (Å²) in [5, 5.41) is 46.2. The first kappa shape index (κ1) is 36.4. The second-order valence-corrected chi connectivity index (χ2v) is 10.7. The van der Waals surface area contributed by atoms with Gasteiger partial charge >= 0.3 is 6.09 Å². The summed E-state index contributed by atoms with van der Waals surface area (Å²) in [5.74, 6) is -1.91. The topological polar surface area (TPSA) is 202 Å². The number of carbonyl (C=O) groups excluding carboxylic acids is 2. The molecule has 0 saturated heterocycles. The highest BCUT2D eigenvalue weighted by atomic mass is 16.6. The highest BCUT2D eigenvalue weighted by Gasteiger charge is 2.31. The molecule has 44 heavy (non-hydrogen) atoms. The minimum Gasteiger partial charge on any atom is -0.506 e. The van der Waals surface area contributed by atoms with Gasteiger partial charge in [-0.1, -0.05) is 38.2 Å². The van der Waals surface area contributed by atoms with E-state index in [0.29, 0.717) is 6.42 Å². The molecular formula is C31H45N3O10. The number of methoxy groups -OCH3 is 3. The van der Waals surface area contributed by atoms with Crippen LogP contribution in [0.25, 0.3) is 0 Å². The number of aromatic hydroxyl groups is 2. The van der Waals surface area contributed by atoms with Crippen molar-refractivity contribution in [3.05, 3.63) is 47.1 Å². The van der Waals surface area contributed by atoms with Gasteiger partial charge in [-0.05, 0) is 31.3 Å². The number of nitrogens with zero attached hydrogens (tertiary/aromatic N) is 1. The summed E-state index contributed by atoms with van der Waals surface area (Å²) in [4.78, 5) is 29.1. The number of hydrogen-bond acceptors (Lipinski definition) is 11. The minimum atomic E-state index is -1.14. The number of benzene rings is 1. The smallest absolute Gasteiger partial charge is 0.405 e. The monoisotopic (exact) mass is 619 g/mol. The second kappa shape index (κ2) is 17.5. The third-order valence-electron chi connectivity index (χ3n) is 7.31. The van der Waals surface area contributed by atoms with E-state index < -0.39 is 48.9 Å². The third-order valence-corrected chi connectivity index (χ3v) is 7.31. The number of phenolic OH excluding ortho intramolecular Hbond substituents is 2. The van der Waals surface area contributed by atoms with Crippen molar-refractivity contribution in [1.29, 1.82) is 0 Å². The standard InChI is InChI=1S/C31H45N3O10/c1-17-12-21-26(33-10-11-41-4)23(36)15-22(28(21)38)34-30(39)18(2)8-7-9-24(42-5)29(44-31(32)40)20(16-35)14-19(3)27(37)25(13-17)43-6/h7-10,14-15,17,19,24-25,27,29,35-38H,11-13,16H2,1-6H3,(H2,32,40)(H,34,39)/t17-,19-,24-,25-,27+,29-/m0/s1. The van der Waals surface area contributed by atoms with Gasteiger partial charge in [-0.25, -0.2) is 4.79 Å². The number of phenols is 2. The van der Waals surface area contributed by atoms with Gasteiger partial charge in [0.2, 0.25) is 0 Å². The Hall–Kier alpha value is -3.75. The lowest BCUT2D eigenvalue weighted by Crippen LogP contribution is -2.38. The molecule has 13 nitrogen and oxygen atoms in total. The van der Waals surface area contributed by atoms with Crippen LogP contribution in [0.1, 0.15) is 32.8 Å². The minimum absolute atomic E-state index is 0.0199. The van der Waals surface area contributed by atoms with Crippen LogP contribution >= 0.6 is 0 Å². The molecule has 0 aromatic heterocycles. The number of amides is 2. The van der Waals surface area contributed by atoms with Gasteiger partial charge in [-0.2, -0.15) is 0 Å². The zero-order chi connectivity index (χ0) is 33.0. The highest BCUT2D eigenvalue weighted by Crippen LogP contribution is 2.44. The van der Waals surface area contributed by atoms with E-state index in [0.717, 1.165) is 0 Å². The van der Waals surface area contributed by atoms with Crippen LogP contribution in [0.15, 0.2) is 46.5 Å². The fraction of sp³-hybridized carbons (Fsp3) is 0.516. The number of nitrogens with two attached hydrogens (primary N) is 1. The normalized spacial score (nSPS) is 25.8. The number of nitrogens with one attached hydrogen (secondary N) is 1.